The van der Waals surface area contributed by atoms with Crippen LogP contribution in [0.2, 0.25) is 0 Å². The molecule has 2 amide bonds. The van der Waals surface area contributed by atoms with Gasteiger partial charge in [0.15, 0.2) is 0 Å². The van der Waals surface area contributed by atoms with Crippen molar-refractivity contribution >= 4 is 11.8 Å². The van der Waals surface area contributed by atoms with Gasteiger partial charge in [-0.15, -0.1) is 0 Å². The Hall–Kier alpha value is -2.39. The number of amides is 2. The molecule has 0 spiro atoms. The summed E-state index contributed by atoms with van der Waals surface area (Å²) in [6, 6.07) is 0.921. The SMILES string of the molecule is CC(NC(=O)c1ccncc1C#CCCO)C(=O)N(C)C. The fourth-order valence-electron chi connectivity index (χ4n) is 1.63. The van der Waals surface area contributed by atoms with E-state index < -0.39 is 6.04 Å². The van der Waals surface area contributed by atoms with E-state index in [4.69, 9.17) is 5.11 Å². The summed E-state index contributed by atoms with van der Waals surface area (Å²) in [7, 11) is 3.26. The smallest absolute Gasteiger partial charge is 0.253 e. The van der Waals surface area contributed by atoms with Gasteiger partial charge in [-0.1, -0.05) is 11.8 Å². The first-order chi connectivity index (χ1) is 9.97. The van der Waals surface area contributed by atoms with Crippen LogP contribution < -0.4 is 5.32 Å². The number of hydrogen-bond donors (Lipinski definition) is 2. The number of carbonyl (C=O) groups is 2. The molecule has 1 aromatic rings. The molecule has 0 saturated carbocycles. The van der Waals surface area contributed by atoms with Crippen molar-refractivity contribution in [2.45, 2.75) is 19.4 Å². The third-order valence-corrected chi connectivity index (χ3v) is 2.68. The van der Waals surface area contributed by atoms with Gasteiger partial charge in [-0.2, -0.15) is 0 Å². The zero-order chi connectivity index (χ0) is 15.8. The van der Waals surface area contributed by atoms with Gasteiger partial charge in [-0.3, -0.25) is 14.6 Å². The molecule has 1 heterocycles. The van der Waals surface area contributed by atoms with Crippen LogP contribution in [0.4, 0.5) is 0 Å². The highest BCUT2D eigenvalue weighted by Gasteiger charge is 2.19. The Morgan fingerprint density at radius 3 is 2.81 bits per heavy atom. The molecule has 1 unspecified atom stereocenters. The summed E-state index contributed by atoms with van der Waals surface area (Å²) in [5, 5.41) is 11.3. The second kappa shape index (κ2) is 8.02. The lowest BCUT2D eigenvalue weighted by Gasteiger charge is -2.18. The van der Waals surface area contributed by atoms with E-state index in [0.717, 1.165) is 0 Å². The number of aliphatic hydroxyl groups excluding tert-OH is 1. The highest BCUT2D eigenvalue weighted by atomic mass is 16.2. The molecule has 0 aliphatic rings. The summed E-state index contributed by atoms with van der Waals surface area (Å²) in [4.78, 5) is 29.3. The maximum absolute atomic E-state index is 12.2. The van der Waals surface area contributed by atoms with Crippen molar-refractivity contribution < 1.29 is 14.7 Å². The van der Waals surface area contributed by atoms with Gasteiger partial charge >= 0.3 is 0 Å². The summed E-state index contributed by atoms with van der Waals surface area (Å²) in [6.07, 6.45) is 3.30. The Kier molecular flexibility index (Phi) is 6.37. The molecule has 0 aromatic carbocycles. The van der Waals surface area contributed by atoms with E-state index in [1.165, 1.54) is 17.3 Å². The van der Waals surface area contributed by atoms with Crippen LogP contribution in [-0.2, 0) is 4.79 Å². The van der Waals surface area contributed by atoms with Crippen LogP contribution in [0.15, 0.2) is 18.5 Å². The summed E-state index contributed by atoms with van der Waals surface area (Å²) in [5.41, 5.74) is 0.821. The Labute approximate surface area is 124 Å². The monoisotopic (exact) mass is 289 g/mol. The van der Waals surface area contributed by atoms with Crippen LogP contribution in [-0.4, -0.2) is 53.5 Å². The number of pyridine rings is 1. The molecule has 21 heavy (non-hydrogen) atoms. The Bertz CT molecular complexity index is 573. The molecule has 0 radical (unpaired) electrons. The quantitative estimate of drug-likeness (QED) is 0.766. The Morgan fingerprint density at radius 1 is 1.48 bits per heavy atom. The second-order valence-corrected chi connectivity index (χ2v) is 4.62. The normalized spacial score (nSPS) is 11.0. The average Bonchev–Trinajstić information content (AvgIpc) is 2.46. The molecule has 6 heteroatoms. The minimum atomic E-state index is -0.626. The largest absolute Gasteiger partial charge is 0.395 e. The molecule has 0 fully saturated rings. The standard InChI is InChI=1S/C15H19N3O3/c1-11(15(21)18(2)3)17-14(20)13-7-8-16-10-12(13)6-4-5-9-19/h7-8,10-11,19H,5,9H2,1-3H3,(H,17,20). The topological polar surface area (TPSA) is 82.5 Å². The van der Waals surface area contributed by atoms with E-state index in [-0.39, 0.29) is 18.4 Å². The molecule has 6 nitrogen and oxygen atoms in total. The van der Waals surface area contributed by atoms with Gasteiger partial charge in [0.05, 0.1) is 17.7 Å². The minimum absolute atomic E-state index is 0.0385. The number of nitrogens with one attached hydrogen (secondary N) is 1. The Morgan fingerprint density at radius 2 is 2.19 bits per heavy atom. The molecule has 1 aromatic heterocycles. The van der Waals surface area contributed by atoms with Crippen molar-refractivity contribution in [3.8, 4) is 11.8 Å². The molecule has 0 saturated heterocycles. The molecule has 0 bridgehead atoms. The van der Waals surface area contributed by atoms with Crippen molar-refractivity contribution in [3.05, 3.63) is 29.6 Å². The lowest BCUT2D eigenvalue weighted by atomic mass is 10.1. The molecular formula is C15H19N3O3. The van der Waals surface area contributed by atoms with Gasteiger partial charge in [-0.05, 0) is 13.0 Å². The molecule has 112 valence electrons. The molecule has 1 atom stereocenters. The van der Waals surface area contributed by atoms with Gasteiger partial charge in [0.2, 0.25) is 5.91 Å². The predicted molar refractivity (Wildman–Crippen MR) is 78.4 cm³/mol. The first-order valence-corrected chi connectivity index (χ1v) is 6.53. The predicted octanol–water partition coefficient (Wildman–Crippen LogP) is 0.0220. The van der Waals surface area contributed by atoms with E-state index in [0.29, 0.717) is 17.5 Å². The van der Waals surface area contributed by atoms with E-state index in [2.05, 4.69) is 22.1 Å². The second-order valence-electron chi connectivity index (χ2n) is 4.62. The van der Waals surface area contributed by atoms with Crippen LogP contribution in [0.25, 0.3) is 0 Å². The van der Waals surface area contributed by atoms with E-state index in [9.17, 15) is 9.59 Å². The Balaban J connectivity index is 2.88. The lowest BCUT2D eigenvalue weighted by molar-refractivity contribution is -0.130. The zero-order valence-corrected chi connectivity index (χ0v) is 12.4. The molecule has 2 N–H and O–H groups in total. The van der Waals surface area contributed by atoms with Gasteiger partial charge in [0, 0.05) is 32.9 Å². The van der Waals surface area contributed by atoms with Gasteiger partial charge in [0.1, 0.15) is 6.04 Å². The van der Waals surface area contributed by atoms with Crippen molar-refractivity contribution in [1.29, 1.82) is 0 Å². The van der Waals surface area contributed by atoms with Crippen LogP contribution in [0, 0.1) is 11.8 Å². The molecule has 0 aliphatic carbocycles. The number of likely N-dealkylation sites (N-methyl/N-ethyl adjacent to an activating group) is 1. The number of nitrogens with zero attached hydrogens (tertiary/aromatic N) is 2. The van der Waals surface area contributed by atoms with Crippen molar-refractivity contribution in [2.75, 3.05) is 20.7 Å². The summed E-state index contributed by atoms with van der Waals surface area (Å²) in [6.45, 7) is 1.59. The highest BCUT2D eigenvalue weighted by molar-refractivity contribution is 5.99. The highest BCUT2D eigenvalue weighted by Crippen LogP contribution is 2.06. The number of aromatic nitrogens is 1. The van der Waals surface area contributed by atoms with Crippen molar-refractivity contribution in [1.82, 2.24) is 15.2 Å². The van der Waals surface area contributed by atoms with E-state index in [1.54, 1.807) is 27.1 Å². The van der Waals surface area contributed by atoms with Crippen LogP contribution in [0.3, 0.4) is 0 Å². The van der Waals surface area contributed by atoms with Crippen LogP contribution in [0.5, 0.6) is 0 Å². The maximum atomic E-state index is 12.2. The number of carbonyl (C=O) groups excluding carboxylic acids is 2. The van der Waals surface area contributed by atoms with Crippen LogP contribution in [0.1, 0.15) is 29.3 Å². The van der Waals surface area contributed by atoms with Gasteiger partial charge in [-0.25, -0.2) is 0 Å². The molecule has 0 aliphatic heterocycles. The summed E-state index contributed by atoms with van der Waals surface area (Å²) < 4.78 is 0. The van der Waals surface area contributed by atoms with Gasteiger partial charge in [0.25, 0.3) is 5.91 Å². The maximum Gasteiger partial charge on any atom is 0.253 e. The van der Waals surface area contributed by atoms with Crippen molar-refractivity contribution in [3.63, 3.8) is 0 Å². The zero-order valence-electron chi connectivity index (χ0n) is 12.4. The molecular weight excluding hydrogens is 270 g/mol. The third-order valence-electron chi connectivity index (χ3n) is 2.68. The third kappa shape index (κ3) is 4.89. The molecule has 1 rings (SSSR count). The van der Waals surface area contributed by atoms with Crippen LogP contribution >= 0.6 is 0 Å². The van der Waals surface area contributed by atoms with Crippen molar-refractivity contribution in [2.24, 2.45) is 0 Å². The summed E-state index contributed by atoms with van der Waals surface area (Å²) in [5.74, 6) is 4.97. The summed E-state index contributed by atoms with van der Waals surface area (Å²) >= 11 is 0. The van der Waals surface area contributed by atoms with E-state index in [1.807, 2.05) is 0 Å². The first-order valence-electron chi connectivity index (χ1n) is 6.53. The lowest BCUT2D eigenvalue weighted by Crippen LogP contribution is -2.44. The first kappa shape index (κ1) is 16.7. The number of aliphatic hydroxyl groups is 1. The van der Waals surface area contributed by atoms with E-state index >= 15 is 0 Å². The number of hydrogen-bond acceptors (Lipinski definition) is 4. The fraction of sp³-hybridized carbons (Fsp3) is 0.400. The minimum Gasteiger partial charge on any atom is -0.395 e. The fourth-order valence-corrected chi connectivity index (χ4v) is 1.63. The average molecular weight is 289 g/mol. The van der Waals surface area contributed by atoms with Gasteiger partial charge < -0.3 is 15.3 Å². The number of rotatable bonds is 4.